The number of hydrogen-bond acceptors (Lipinski definition) is 4. The second kappa shape index (κ2) is 8.36. The highest BCUT2D eigenvalue weighted by Gasteiger charge is 2.14. The zero-order chi connectivity index (χ0) is 15.9. The number of unbranched alkanes of at least 4 members (excludes halogenated alkanes) is 2. The van der Waals surface area contributed by atoms with E-state index in [1.807, 2.05) is 0 Å². The summed E-state index contributed by atoms with van der Waals surface area (Å²) in [5.74, 6) is -0.299. The number of benzene rings is 1. The minimum absolute atomic E-state index is 0.0607. The lowest BCUT2D eigenvalue weighted by Crippen LogP contribution is -2.24. The highest BCUT2D eigenvalue weighted by Crippen LogP contribution is 2.18. The van der Waals surface area contributed by atoms with E-state index in [0.717, 1.165) is 19.3 Å². The Morgan fingerprint density at radius 1 is 1.24 bits per heavy atom. The topological polar surface area (TPSA) is 72.5 Å². The number of hydrogen-bond donors (Lipinski definition) is 1. The molecule has 1 rings (SSSR count). The molecule has 1 aromatic rings. The van der Waals surface area contributed by atoms with Gasteiger partial charge in [-0.05, 0) is 49.9 Å². The summed E-state index contributed by atoms with van der Waals surface area (Å²) in [6, 6.07) is 4.35. The molecule has 1 aromatic carbocycles. The van der Waals surface area contributed by atoms with Crippen LogP contribution < -0.4 is 5.32 Å². The van der Waals surface area contributed by atoms with E-state index in [1.54, 1.807) is 20.1 Å². The molecule has 0 aromatic heterocycles. The molecule has 0 aliphatic heterocycles. The number of carbonyl (C=O) groups excluding carboxylic acids is 1. The van der Waals surface area contributed by atoms with Gasteiger partial charge >= 0.3 is 0 Å². The van der Waals surface area contributed by atoms with Crippen LogP contribution in [0.5, 0.6) is 0 Å². The molecule has 0 spiro atoms. The largest absolute Gasteiger partial charge is 0.385 e. The molecular weight excluding hydrogens is 314 g/mol. The number of methoxy groups -OCH3 is 1. The van der Waals surface area contributed by atoms with E-state index in [9.17, 15) is 13.2 Å². The second-order valence-electron chi connectivity index (χ2n) is 4.78. The molecule has 21 heavy (non-hydrogen) atoms. The molecule has 0 bridgehead atoms. The normalized spacial score (nSPS) is 11.4. The zero-order valence-electron chi connectivity index (χ0n) is 12.2. The van der Waals surface area contributed by atoms with Gasteiger partial charge in [-0.15, -0.1) is 0 Å². The van der Waals surface area contributed by atoms with Crippen LogP contribution in [0, 0.1) is 6.92 Å². The summed E-state index contributed by atoms with van der Waals surface area (Å²) in [6.07, 6.45) is 2.76. The fraction of sp³-hybridized carbons (Fsp3) is 0.500. The van der Waals surface area contributed by atoms with Gasteiger partial charge < -0.3 is 10.1 Å². The van der Waals surface area contributed by atoms with E-state index in [1.165, 1.54) is 12.1 Å². The summed E-state index contributed by atoms with van der Waals surface area (Å²) in [7, 11) is 3.13. The quantitative estimate of drug-likeness (QED) is 0.586. The number of halogens is 1. The predicted octanol–water partition coefficient (Wildman–Crippen LogP) is 2.47. The van der Waals surface area contributed by atoms with Crippen molar-refractivity contribution in [2.24, 2.45) is 0 Å². The first-order chi connectivity index (χ1) is 9.84. The highest BCUT2D eigenvalue weighted by molar-refractivity contribution is 8.13. The molecule has 1 amide bonds. The molecule has 0 saturated heterocycles. The predicted molar refractivity (Wildman–Crippen MR) is 82.3 cm³/mol. The van der Waals surface area contributed by atoms with Gasteiger partial charge in [0.05, 0.1) is 4.90 Å². The van der Waals surface area contributed by atoms with Gasteiger partial charge in [0.2, 0.25) is 0 Å². The Morgan fingerprint density at radius 3 is 2.57 bits per heavy atom. The van der Waals surface area contributed by atoms with E-state index in [-0.39, 0.29) is 10.8 Å². The first-order valence-corrected chi connectivity index (χ1v) is 8.99. The third kappa shape index (κ3) is 6.46. The lowest BCUT2D eigenvalue weighted by atomic mass is 10.1. The average Bonchev–Trinajstić information content (AvgIpc) is 2.40. The van der Waals surface area contributed by atoms with Crippen LogP contribution in [0.15, 0.2) is 23.1 Å². The summed E-state index contributed by atoms with van der Waals surface area (Å²) in [6.45, 7) is 2.97. The van der Waals surface area contributed by atoms with Crippen molar-refractivity contribution < 1.29 is 17.9 Å². The molecule has 0 unspecified atom stereocenters. The van der Waals surface area contributed by atoms with Gasteiger partial charge in [-0.3, -0.25) is 4.79 Å². The summed E-state index contributed by atoms with van der Waals surface area (Å²) in [4.78, 5) is 11.9. The van der Waals surface area contributed by atoms with E-state index >= 15 is 0 Å². The van der Waals surface area contributed by atoms with Crippen LogP contribution in [0.3, 0.4) is 0 Å². The van der Waals surface area contributed by atoms with Crippen molar-refractivity contribution in [3.05, 3.63) is 29.3 Å². The van der Waals surface area contributed by atoms with Crippen molar-refractivity contribution in [3.63, 3.8) is 0 Å². The van der Waals surface area contributed by atoms with Crippen molar-refractivity contribution in [3.8, 4) is 0 Å². The third-order valence-electron chi connectivity index (χ3n) is 2.91. The van der Waals surface area contributed by atoms with Crippen LogP contribution in [-0.2, 0) is 13.8 Å². The molecule has 0 aliphatic rings. The number of carbonyl (C=O) groups is 1. The molecule has 0 aliphatic carbocycles. The van der Waals surface area contributed by atoms with Crippen molar-refractivity contribution >= 4 is 25.6 Å². The Kier molecular flexibility index (Phi) is 7.14. The van der Waals surface area contributed by atoms with E-state index < -0.39 is 9.05 Å². The summed E-state index contributed by atoms with van der Waals surface area (Å²) >= 11 is 0. The standard InChI is InChI=1S/C14H20ClNO4S/c1-11-8-12(10-13(9-11)21(15,18)19)14(17)16-6-4-3-5-7-20-2/h8-10H,3-7H2,1-2H3,(H,16,17). The molecule has 0 atom stereocenters. The smallest absolute Gasteiger partial charge is 0.261 e. The van der Waals surface area contributed by atoms with Crippen molar-refractivity contribution in [1.82, 2.24) is 5.32 Å². The number of rotatable bonds is 8. The summed E-state index contributed by atoms with van der Waals surface area (Å²) in [5.41, 5.74) is 0.966. The molecule has 0 saturated carbocycles. The van der Waals surface area contributed by atoms with Gasteiger partial charge in [-0.1, -0.05) is 0 Å². The lowest BCUT2D eigenvalue weighted by Gasteiger charge is -2.07. The van der Waals surface area contributed by atoms with Crippen molar-refractivity contribution in [2.75, 3.05) is 20.3 Å². The average molecular weight is 334 g/mol. The monoisotopic (exact) mass is 333 g/mol. The van der Waals surface area contributed by atoms with E-state index in [2.05, 4.69) is 5.32 Å². The Balaban J connectivity index is 2.60. The molecule has 0 fully saturated rings. The van der Waals surface area contributed by atoms with Gasteiger partial charge in [-0.25, -0.2) is 8.42 Å². The van der Waals surface area contributed by atoms with Gasteiger partial charge in [0.1, 0.15) is 0 Å². The number of aryl methyl sites for hydroxylation is 1. The molecule has 5 nitrogen and oxygen atoms in total. The summed E-state index contributed by atoms with van der Waals surface area (Å²) < 4.78 is 27.6. The van der Waals surface area contributed by atoms with E-state index in [0.29, 0.717) is 24.3 Å². The maximum Gasteiger partial charge on any atom is 0.261 e. The number of ether oxygens (including phenoxy) is 1. The van der Waals surface area contributed by atoms with Crippen LogP contribution >= 0.6 is 10.7 Å². The van der Waals surface area contributed by atoms with Crippen LogP contribution in [0.1, 0.15) is 35.2 Å². The van der Waals surface area contributed by atoms with Crippen LogP contribution in [0.25, 0.3) is 0 Å². The lowest BCUT2D eigenvalue weighted by molar-refractivity contribution is 0.0952. The molecule has 7 heteroatoms. The van der Waals surface area contributed by atoms with E-state index in [4.69, 9.17) is 15.4 Å². The van der Waals surface area contributed by atoms with Crippen molar-refractivity contribution in [1.29, 1.82) is 0 Å². The number of amides is 1. The molecule has 118 valence electrons. The first-order valence-electron chi connectivity index (χ1n) is 6.68. The SMILES string of the molecule is COCCCCCNC(=O)c1cc(C)cc(S(=O)(=O)Cl)c1. The van der Waals surface area contributed by atoms with Crippen LogP contribution in [-0.4, -0.2) is 34.6 Å². The minimum atomic E-state index is -3.84. The second-order valence-corrected chi connectivity index (χ2v) is 7.35. The van der Waals surface area contributed by atoms with Gasteiger partial charge in [0.25, 0.3) is 15.0 Å². The zero-order valence-corrected chi connectivity index (χ0v) is 13.8. The number of nitrogens with one attached hydrogen (secondary N) is 1. The molecular formula is C14H20ClNO4S. The van der Waals surface area contributed by atoms with Crippen LogP contribution in [0.2, 0.25) is 0 Å². The highest BCUT2D eigenvalue weighted by atomic mass is 35.7. The fourth-order valence-corrected chi connectivity index (χ4v) is 2.73. The Morgan fingerprint density at radius 2 is 1.95 bits per heavy atom. The minimum Gasteiger partial charge on any atom is -0.385 e. The Bertz CT molecular complexity index is 587. The first kappa shape index (κ1) is 17.9. The molecule has 1 N–H and O–H groups in total. The van der Waals surface area contributed by atoms with Gasteiger partial charge in [0.15, 0.2) is 0 Å². The Labute approximate surface area is 130 Å². The molecule has 0 radical (unpaired) electrons. The Hall–Kier alpha value is -1.11. The fourth-order valence-electron chi connectivity index (χ4n) is 1.87. The van der Waals surface area contributed by atoms with Crippen molar-refractivity contribution in [2.45, 2.75) is 31.1 Å². The maximum atomic E-state index is 12.0. The van der Waals surface area contributed by atoms with Gasteiger partial charge in [0, 0.05) is 36.5 Å². The van der Waals surface area contributed by atoms with Crippen LogP contribution in [0.4, 0.5) is 0 Å². The summed E-state index contributed by atoms with van der Waals surface area (Å²) in [5, 5.41) is 2.76. The van der Waals surface area contributed by atoms with Gasteiger partial charge in [-0.2, -0.15) is 0 Å². The maximum absolute atomic E-state index is 12.0. The third-order valence-corrected chi connectivity index (χ3v) is 4.24. The molecule has 0 heterocycles.